The molecule has 0 atom stereocenters. The fourth-order valence-electron chi connectivity index (χ4n) is 0.872. The summed E-state index contributed by atoms with van der Waals surface area (Å²) in [5.41, 5.74) is 7.88. The van der Waals surface area contributed by atoms with E-state index in [0.29, 0.717) is 12.4 Å². The van der Waals surface area contributed by atoms with Gasteiger partial charge in [-0.25, -0.2) is 15.5 Å². The van der Waals surface area contributed by atoms with Crippen LogP contribution in [0.2, 0.25) is 0 Å². The van der Waals surface area contributed by atoms with E-state index in [9.17, 15) is 0 Å². The summed E-state index contributed by atoms with van der Waals surface area (Å²) in [5, 5.41) is 8.37. The molecule has 1 aromatic rings. The Kier molecular flexibility index (Phi) is 3.69. The van der Waals surface area contributed by atoms with Crippen LogP contribution in [0.3, 0.4) is 0 Å². The maximum atomic E-state index is 8.37. The van der Waals surface area contributed by atoms with Crippen molar-refractivity contribution < 1.29 is 9.94 Å². The lowest BCUT2D eigenvalue weighted by Crippen LogP contribution is -2.28. The lowest BCUT2D eigenvalue weighted by molar-refractivity contribution is 0.232. The summed E-state index contributed by atoms with van der Waals surface area (Å²) in [6.45, 7) is 0.359. The summed E-state index contributed by atoms with van der Waals surface area (Å²) in [6.07, 6.45) is 1.62. The molecule has 1 aromatic heterocycles. The van der Waals surface area contributed by atoms with E-state index in [4.69, 9.17) is 15.7 Å². The molecule has 0 aromatic carbocycles. The van der Waals surface area contributed by atoms with Crippen molar-refractivity contribution in [1.82, 2.24) is 10.5 Å². The minimum Gasteiger partial charge on any atom is -0.481 e. The fraction of sp³-hybridized carbons (Fsp3) is 0.250. The van der Waals surface area contributed by atoms with Crippen LogP contribution >= 0.6 is 0 Å². The first-order chi connectivity index (χ1) is 6.76. The quantitative estimate of drug-likeness (QED) is 0.356. The second kappa shape index (κ2) is 5.03. The number of nitrogens with one attached hydrogen (secondary N) is 1. The molecule has 0 saturated heterocycles. The van der Waals surface area contributed by atoms with Gasteiger partial charge in [-0.2, -0.15) is 0 Å². The highest BCUT2D eigenvalue weighted by Crippen LogP contribution is 2.08. The number of hydrogen-bond acceptors (Lipinski definition) is 4. The van der Waals surface area contributed by atoms with E-state index in [-0.39, 0.29) is 5.96 Å². The maximum absolute atomic E-state index is 8.37. The van der Waals surface area contributed by atoms with Crippen molar-refractivity contribution in [2.75, 3.05) is 7.11 Å². The second-order valence-corrected chi connectivity index (χ2v) is 2.52. The number of ether oxygens (including phenoxy) is 1. The number of hydrogen-bond donors (Lipinski definition) is 3. The molecular weight excluding hydrogens is 184 g/mol. The van der Waals surface area contributed by atoms with E-state index < -0.39 is 0 Å². The van der Waals surface area contributed by atoms with Gasteiger partial charge in [0.2, 0.25) is 11.8 Å². The Balaban J connectivity index is 2.67. The van der Waals surface area contributed by atoms with Gasteiger partial charge in [0.15, 0.2) is 0 Å². The molecule has 0 radical (unpaired) electrons. The van der Waals surface area contributed by atoms with Crippen LogP contribution in [0.5, 0.6) is 5.88 Å². The molecule has 76 valence electrons. The molecule has 0 amide bonds. The first-order valence-electron chi connectivity index (χ1n) is 3.95. The van der Waals surface area contributed by atoms with Gasteiger partial charge in [-0.15, -0.1) is 0 Å². The monoisotopic (exact) mass is 196 g/mol. The lowest BCUT2D eigenvalue weighted by atomic mass is 10.3. The largest absolute Gasteiger partial charge is 0.481 e. The highest BCUT2D eigenvalue weighted by Gasteiger charge is 1.96. The Hall–Kier alpha value is -1.82. The molecule has 6 nitrogen and oxygen atoms in total. The van der Waals surface area contributed by atoms with Crippen molar-refractivity contribution in [2.45, 2.75) is 6.54 Å². The number of rotatable bonds is 3. The van der Waals surface area contributed by atoms with Crippen molar-refractivity contribution in [1.29, 1.82) is 0 Å². The van der Waals surface area contributed by atoms with Crippen LogP contribution in [-0.4, -0.2) is 23.3 Å². The Morgan fingerprint density at radius 2 is 2.57 bits per heavy atom. The number of aromatic nitrogens is 1. The van der Waals surface area contributed by atoms with Crippen molar-refractivity contribution in [3.8, 4) is 5.88 Å². The van der Waals surface area contributed by atoms with Crippen LogP contribution in [0.25, 0.3) is 0 Å². The van der Waals surface area contributed by atoms with Gasteiger partial charge >= 0.3 is 0 Å². The molecule has 0 aliphatic rings. The van der Waals surface area contributed by atoms with Crippen LogP contribution in [0.15, 0.2) is 23.3 Å². The van der Waals surface area contributed by atoms with Crippen LogP contribution in [0.4, 0.5) is 0 Å². The second-order valence-electron chi connectivity index (χ2n) is 2.52. The van der Waals surface area contributed by atoms with Crippen molar-refractivity contribution in [3.05, 3.63) is 23.9 Å². The van der Waals surface area contributed by atoms with Crippen LogP contribution < -0.4 is 16.0 Å². The van der Waals surface area contributed by atoms with Crippen molar-refractivity contribution >= 4 is 5.96 Å². The van der Waals surface area contributed by atoms with Crippen molar-refractivity contribution in [3.63, 3.8) is 0 Å². The van der Waals surface area contributed by atoms with E-state index >= 15 is 0 Å². The zero-order valence-electron chi connectivity index (χ0n) is 7.77. The number of pyridine rings is 1. The minimum atomic E-state index is -0.0271. The normalized spacial score (nSPS) is 11.1. The van der Waals surface area contributed by atoms with Crippen LogP contribution in [0.1, 0.15) is 5.56 Å². The molecule has 0 bridgehead atoms. The number of aliphatic imine (C=N–C) groups is 1. The molecule has 0 aliphatic heterocycles. The topological polar surface area (TPSA) is 92.8 Å². The summed E-state index contributed by atoms with van der Waals surface area (Å²) < 4.78 is 4.93. The van der Waals surface area contributed by atoms with Crippen molar-refractivity contribution in [2.24, 2.45) is 10.7 Å². The van der Waals surface area contributed by atoms with Gasteiger partial charge in [0.1, 0.15) is 0 Å². The standard InChI is InChI=1S/C8H12N4O2/c1-14-7-4-6(2-3-10-7)5-11-8(9)12-13/h2-4,13H,5H2,1H3,(H3,9,11,12). The van der Waals surface area contributed by atoms with Crippen LogP contribution in [-0.2, 0) is 6.54 Å². The summed E-state index contributed by atoms with van der Waals surface area (Å²) in [5.74, 6) is 0.494. The third kappa shape index (κ3) is 2.91. The summed E-state index contributed by atoms with van der Waals surface area (Å²) in [7, 11) is 1.54. The Bertz CT molecular complexity index is 327. The molecule has 4 N–H and O–H groups in total. The summed E-state index contributed by atoms with van der Waals surface area (Å²) >= 11 is 0. The zero-order valence-corrected chi connectivity index (χ0v) is 7.77. The fourth-order valence-corrected chi connectivity index (χ4v) is 0.872. The summed E-state index contributed by atoms with van der Waals surface area (Å²) in [4.78, 5) is 7.78. The van der Waals surface area contributed by atoms with Crippen LogP contribution in [0, 0.1) is 0 Å². The molecule has 0 unspecified atom stereocenters. The SMILES string of the molecule is COc1cc(CN=C(N)NO)ccn1. The first kappa shape index (κ1) is 10.3. The molecule has 14 heavy (non-hydrogen) atoms. The molecule has 1 rings (SSSR count). The maximum Gasteiger partial charge on any atom is 0.213 e. The van der Waals surface area contributed by atoms with E-state index in [1.54, 1.807) is 30.9 Å². The van der Waals surface area contributed by atoms with Gasteiger partial charge in [-0.3, -0.25) is 5.21 Å². The van der Waals surface area contributed by atoms with E-state index in [0.717, 1.165) is 5.56 Å². The lowest BCUT2D eigenvalue weighted by Gasteiger charge is -2.01. The van der Waals surface area contributed by atoms with Gasteiger partial charge in [0, 0.05) is 12.3 Å². The number of guanidine groups is 1. The number of nitrogens with zero attached hydrogens (tertiary/aromatic N) is 2. The van der Waals surface area contributed by atoms with Gasteiger partial charge in [0.25, 0.3) is 0 Å². The molecule has 0 aliphatic carbocycles. The zero-order chi connectivity index (χ0) is 10.4. The van der Waals surface area contributed by atoms with Gasteiger partial charge < -0.3 is 10.5 Å². The predicted molar refractivity (Wildman–Crippen MR) is 51.0 cm³/mol. The minimum absolute atomic E-state index is 0.0271. The van der Waals surface area contributed by atoms with E-state index in [1.807, 2.05) is 0 Å². The Morgan fingerprint density at radius 3 is 3.21 bits per heavy atom. The molecule has 6 heteroatoms. The molecule has 1 heterocycles. The predicted octanol–water partition coefficient (Wildman–Crippen LogP) is -0.116. The number of methoxy groups -OCH3 is 1. The Morgan fingerprint density at radius 1 is 1.79 bits per heavy atom. The molecular formula is C8H12N4O2. The average molecular weight is 196 g/mol. The van der Waals surface area contributed by atoms with E-state index in [2.05, 4.69) is 9.98 Å². The molecule has 0 saturated carbocycles. The molecule has 0 fully saturated rings. The third-order valence-electron chi connectivity index (χ3n) is 1.55. The van der Waals surface area contributed by atoms with Gasteiger partial charge in [-0.05, 0) is 11.6 Å². The Labute approximate surface area is 81.4 Å². The first-order valence-corrected chi connectivity index (χ1v) is 3.95. The highest BCUT2D eigenvalue weighted by atomic mass is 16.5. The highest BCUT2D eigenvalue weighted by molar-refractivity contribution is 5.76. The smallest absolute Gasteiger partial charge is 0.213 e. The number of nitrogens with two attached hydrogens (primary N) is 1. The molecule has 0 spiro atoms. The van der Waals surface area contributed by atoms with Gasteiger partial charge in [0.05, 0.1) is 13.7 Å². The van der Waals surface area contributed by atoms with Gasteiger partial charge in [-0.1, -0.05) is 0 Å². The average Bonchev–Trinajstić information content (AvgIpc) is 2.26. The number of hydroxylamine groups is 1. The third-order valence-corrected chi connectivity index (χ3v) is 1.55. The van der Waals surface area contributed by atoms with E-state index in [1.165, 1.54) is 0 Å². The summed E-state index contributed by atoms with van der Waals surface area (Å²) in [6, 6.07) is 3.53.